The number of terminal acetylenes is 1. The molecule has 3 aromatic carbocycles. The Morgan fingerprint density at radius 1 is 0.898 bits per heavy atom. The zero-order valence-corrected chi connectivity index (χ0v) is 28.9. The van der Waals surface area contributed by atoms with E-state index >= 15 is 0 Å². The van der Waals surface area contributed by atoms with Gasteiger partial charge in [-0.25, -0.2) is 4.98 Å². The summed E-state index contributed by atoms with van der Waals surface area (Å²) in [6.07, 6.45) is 33.9. The van der Waals surface area contributed by atoms with Crippen LogP contribution in [0.1, 0.15) is 62.4 Å². The molecule has 5 aromatic rings. The van der Waals surface area contributed by atoms with Crippen molar-refractivity contribution in [3.63, 3.8) is 0 Å². The lowest BCUT2D eigenvalue weighted by Gasteiger charge is -2.15. The first kappa shape index (κ1) is 34.5. The van der Waals surface area contributed by atoms with Gasteiger partial charge in [0.2, 0.25) is 0 Å². The lowest BCUT2D eigenvalue weighted by atomic mass is 9.98. The monoisotopic (exact) mass is 639 g/mol. The molecule has 2 heterocycles. The zero-order valence-electron chi connectivity index (χ0n) is 28.9. The molecule has 0 amide bonds. The highest BCUT2D eigenvalue weighted by Gasteiger charge is 2.22. The highest BCUT2D eigenvalue weighted by molar-refractivity contribution is 6.16. The summed E-state index contributed by atoms with van der Waals surface area (Å²) in [5.74, 6) is 2.25. The molecule has 0 unspecified atom stereocenters. The number of allylic oxidation sites excluding steroid dienone is 11. The van der Waals surface area contributed by atoms with Gasteiger partial charge in [0.1, 0.15) is 0 Å². The highest BCUT2D eigenvalue weighted by atomic mass is 15.0. The van der Waals surface area contributed by atoms with E-state index in [0.717, 1.165) is 70.6 Å². The molecule has 244 valence electrons. The number of anilines is 1. The third-order valence-electron chi connectivity index (χ3n) is 8.50. The molecule has 2 aliphatic rings. The van der Waals surface area contributed by atoms with Crippen LogP contribution in [0.15, 0.2) is 134 Å². The lowest BCUT2D eigenvalue weighted by molar-refractivity contribution is 1.14. The van der Waals surface area contributed by atoms with Crippen molar-refractivity contribution in [2.24, 2.45) is 0 Å². The SMILES string of the molecule is C#CC.C/C=C\CC=CCC.C=Cc1cc2c3c(c1N)CC=Cc1cccc(c13)n2-c1cc(C2=CC=CC=CC2)nc(-c2ccccc2)c1. The van der Waals surface area contributed by atoms with Gasteiger partial charge in [-0.3, -0.25) is 0 Å². The fourth-order valence-electron chi connectivity index (χ4n) is 6.28. The van der Waals surface area contributed by atoms with Crippen LogP contribution in [0.3, 0.4) is 0 Å². The van der Waals surface area contributed by atoms with E-state index in [1.54, 1.807) is 6.92 Å². The van der Waals surface area contributed by atoms with Crippen LogP contribution in [-0.4, -0.2) is 9.55 Å². The summed E-state index contributed by atoms with van der Waals surface area (Å²) in [5, 5.41) is 2.47. The van der Waals surface area contributed by atoms with Gasteiger partial charge in [0.15, 0.2) is 0 Å². The third-order valence-corrected chi connectivity index (χ3v) is 8.50. The molecule has 0 fully saturated rings. The quantitative estimate of drug-likeness (QED) is 0.109. The summed E-state index contributed by atoms with van der Waals surface area (Å²) in [5.41, 5.74) is 18.5. The van der Waals surface area contributed by atoms with Crippen molar-refractivity contribution in [3.8, 4) is 29.3 Å². The van der Waals surface area contributed by atoms with Crippen molar-refractivity contribution in [3.05, 3.63) is 156 Å². The maximum atomic E-state index is 6.70. The smallest absolute Gasteiger partial charge is 0.0730 e. The number of nitrogens with two attached hydrogens (primary N) is 1. The van der Waals surface area contributed by atoms with Gasteiger partial charge in [-0.15, -0.1) is 12.3 Å². The molecular weight excluding hydrogens is 595 g/mol. The van der Waals surface area contributed by atoms with Crippen LogP contribution in [0, 0.1) is 12.3 Å². The number of hydrogen-bond donors (Lipinski definition) is 1. The van der Waals surface area contributed by atoms with E-state index in [4.69, 9.17) is 10.7 Å². The molecule has 0 saturated heterocycles. The van der Waals surface area contributed by atoms with Gasteiger partial charge < -0.3 is 10.3 Å². The zero-order chi connectivity index (χ0) is 34.6. The number of nitrogens with zero attached hydrogens (tertiary/aromatic N) is 2. The summed E-state index contributed by atoms with van der Waals surface area (Å²) >= 11 is 0. The Labute approximate surface area is 291 Å². The summed E-state index contributed by atoms with van der Waals surface area (Å²) in [4.78, 5) is 5.15. The standard InChI is InChI=1S/C35H27N3.C8H14.C3H4/c1-2-23-20-32-34-28(35(23)36)18-10-16-26-17-11-19-31(33(26)34)38(32)27-21-29(24-12-6-3-4-7-13-24)37-30(22-27)25-14-8-5-9-15-25;1-3-5-7-8-6-4-2;1-3-2/h2-12,14-17,19-22H,1,13,18,36H2;3,5-6,8H,4,7H2,1-2H3;1H,2H3/b;5-3-,8-6?;. The number of rotatable bonds is 7. The third kappa shape index (κ3) is 7.67. The normalized spacial score (nSPS) is 13.1. The Kier molecular flexibility index (Phi) is 11.8. The molecule has 49 heavy (non-hydrogen) atoms. The molecule has 0 aliphatic heterocycles. The van der Waals surface area contributed by atoms with Crippen molar-refractivity contribution < 1.29 is 0 Å². The van der Waals surface area contributed by atoms with Crippen LogP contribution in [0.4, 0.5) is 5.69 Å². The Hall–Kier alpha value is -5.85. The van der Waals surface area contributed by atoms with E-state index in [-0.39, 0.29) is 0 Å². The molecule has 0 saturated carbocycles. The topological polar surface area (TPSA) is 43.8 Å². The number of aromatic nitrogens is 2. The first-order valence-electron chi connectivity index (χ1n) is 17.0. The van der Waals surface area contributed by atoms with Crippen molar-refractivity contribution in [1.29, 1.82) is 0 Å². The number of nitrogen functional groups attached to an aromatic ring is 1. The minimum absolute atomic E-state index is 0.792. The predicted octanol–water partition coefficient (Wildman–Crippen LogP) is 12.1. The Balaban J connectivity index is 0.000000372. The van der Waals surface area contributed by atoms with E-state index in [1.165, 1.54) is 27.5 Å². The summed E-state index contributed by atoms with van der Waals surface area (Å²) in [6.45, 7) is 9.91. The first-order chi connectivity index (χ1) is 24.1. The Morgan fingerprint density at radius 2 is 1.69 bits per heavy atom. The molecule has 2 aliphatic carbocycles. The molecule has 0 bridgehead atoms. The van der Waals surface area contributed by atoms with Gasteiger partial charge in [0.25, 0.3) is 0 Å². The van der Waals surface area contributed by atoms with Gasteiger partial charge in [0, 0.05) is 22.0 Å². The summed E-state index contributed by atoms with van der Waals surface area (Å²) in [6, 6.07) is 23.6. The fourth-order valence-corrected chi connectivity index (χ4v) is 6.28. The highest BCUT2D eigenvalue weighted by Crippen LogP contribution is 2.42. The maximum Gasteiger partial charge on any atom is 0.0730 e. The van der Waals surface area contributed by atoms with E-state index in [9.17, 15) is 0 Å². The molecular formula is C46H45N3. The largest absolute Gasteiger partial charge is 0.398 e. The van der Waals surface area contributed by atoms with Gasteiger partial charge in [-0.2, -0.15) is 0 Å². The second-order valence-electron chi connectivity index (χ2n) is 11.8. The molecule has 3 heteroatoms. The number of benzene rings is 3. The van der Waals surface area contributed by atoms with Gasteiger partial charge in [0.05, 0.1) is 28.1 Å². The molecule has 2 N–H and O–H groups in total. The van der Waals surface area contributed by atoms with E-state index in [1.807, 2.05) is 19.1 Å². The maximum absolute atomic E-state index is 6.70. The summed E-state index contributed by atoms with van der Waals surface area (Å²) < 4.78 is 2.38. The molecule has 3 nitrogen and oxygen atoms in total. The van der Waals surface area contributed by atoms with Crippen LogP contribution in [-0.2, 0) is 6.42 Å². The summed E-state index contributed by atoms with van der Waals surface area (Å²) in [7, 11) is 0. The van der Waals surface area contributed by atoms with Crippen LogP contribution in [0.25, 0.3) is 56.5 Å². The van der Waals surface area contributed by atoms with Crippen molar-refractivity contribution in [2.45, 2.75) is 46.5 Å². The average molecular weight is 640 g/mol. The van der Waals surface area contributed by atoms with E-state index in [2.05, 4.69) is 158 Å². The van der Waals surface area contributed by atoms with Crippen LogP contribution in [0.2, 0.25) is 0 Å². The second kappa shape index (κ2) is 16.8. The molecule has 7 rings (SSSR count). The van der Waals surface area contributed by atoms with Crippen LogP contribution >= 0.6 is 0 Å². The van der Waals surface area contributed by atoms with Crippen molar-refractivity contribution in [2.75, 3.05) is 5.73 Å². The van der Waals surface area contributed by atoms with Crippen LogP contribution in [0.5, 0.6) is 0 Å². The molecule has 2 aromatic heterocycles. The predicted molar refractivity (Wildman–Crippen MR) is 215 cm³/mol. The van der Waals surface area contributed by atoms with Crippen molar-refractivity contribution >= 4 is 45.2 Å². The minimum atomic E-state index is 0.792. The van der Waals surface area contributed by atoms with Gasteiger partial charge in [-0.1, -0.05) is 129 Å². The second-order valence-corrected chi connectivity index (χ2v) is 11.8. The Morgan fingerprint density at radius 3 is 2.45 bits per heavy atom. The van der Waals surface area contributed by atoms with Gasteiger partial charge in [-0.05, 0) is 86.1 Å². The Bertz CT molecular complexity index is 2170. The molecule has 0 atom stereocenters. The lowest BCUT2D eigenvalue weighted by Crippen LogP contribution is -2.02. The number of hydrogen-bond acceptors (Lipinski definition) is 2. The molecule has 0 spiro atoms. The average Bonchev–Trinajstić information content (AvgIpc) is 3.30. The van der Waals surface area contributed by atoms with E-state index < -0.39 is 0 Å². The number of pyridine rings is 1. The van der Waals surface area contributed by atoms with Crippen molar-refractivity contribution in [1.82, 2.24) is 9.55 Å². The van der Waals surface area contributed by atoms with Gasteiger partial charge >= 0.3 is 0 Å². The first-order valence-corrected chi connectivity index (χ1v) is 17.0. The fraction of sp³-hybridized carbons (Fsp3) is 0.152. The molecule has 0 radical (unpaired) electrons. The minimum Gasteiger partial charge on any atom is -0.398 e. The van der Waals surface area contributed by atoms with E-state index in [0.29, 0.717) is 0 Å². The van der Waals surface area contributed by atoms with Crippen LogP contribution < -0.4 is 5.73 Å².